The highest BCUT2D eigenvalue weighted by atomic mass is 35.5. The molecule has 0 fully saturated rings. The van der Waals surface area contributed by atoms with Crippen LogP contribution in [0.25, 0.3) is 0 Å². The molecule has 2 aromatic rings. The van der Waals surface area contributed by atoms with Crippen molar-refractivity contribution >= 4 is 34.0 Å². The molecule has 0 saturated carbocycles. The average Bonchev–Trinajstić information content (AvgIpc) is 2.50. The fraction of sp³-hybridized carbons (Fsp3) is 0.200. The Morgan fingerprint density at radius 1 is 1.10 bits per heavy atom. The van der Waals surface area contributed by atoms with Crippen LogP contribution in [-0.2, 0) is 17.3 Å². The Morgan fingerprint density at radius 3 is 2.57 bits per heavy atom. The summed E-state index contributed by atoms with van der Waals surface area (Å²) in [7, 11) is -1.18. The van der Waals surface area contributed by atoms with E-state index in [1.165, 1.54) is 0 Å². The highest BCUT2D eigenvalue weighted by Gasteiger charge is 2.08. The van der Waals surface area contributed by atoms with Crippen LogP contribution >= 0.6 is 23.2 Å². The summed E-state index contributed by atoms with van der Waals surface area (Å²) < 4.78 is 17.8. The van der Waals surface area contributed by atoms with Crippen molar-refractivity contribution in [2.24, 2.45) is 5.73 Å². The van der Waals surface area contributed by atoms with E-state index in [0.717, 1.165) is 11.3 Å². The van der Waals surface area contributed by atoms with E-state index in [4.69, 9.17) is 33.7 Å². The van der Waals surface area contributed by atoms with Crippen LogP contribution < -0.4 is 10.5 Å². The van der Waals surface area contributed by atoms with Crippen molar-refractivity contribution in [3.63, 3.8) is 0 Å². The molecule has 6 heteroatoms. The summed E-state index contributed by atoms with van der Waals surface area (Å²) in [5.74, 6) is 1.10. The van der Waals surface area contributed by atoms with E-state index in [0.29, 0.717) is 33.8 Å². The van der Waals surface area contributed by atoms with Crippen molar-refractivity contribution in [3.05, 3.63) is 58.1 Å². The van der Waals surface area contributed by atoms with Crippen LogP contribution in [0.4, 0.5) is 0 Å². The van der Waals surface area contributed by atoms with Gasteiger partial charge in [0.05, 0.1) is 26.6 Å². The lowest BCUT2D eigenvalue weighted by atomic mass is 10.2. The zero-order chi connectivity index (χ0) is 15.2. The standard InChI is InChI=1S/C15H15Cl2NO2S/c16-13-6-5-12(9-14(13)17)21(19)8-7-20-15-4-2-1-3-11(15)10-18/h1-6,9H,7-8,10,18H2. The zero-order valence-corrected chi connectivity index (χ0v) is 13.5. The van der Waals surface area contributed by atoms with E-state index in [2.05, 4.69) is 0 Å². The lowest BCUT2D eigenvalue weighted by Gasteiger charge is -2.10. The summed E-state index contributed by atoms with van der Waals surface area (Å²) in [4.78, 5) is 0.639. The quantitative estimate of drug-likeness (QED) is 0.870. The first-order valence-corrected chi connectivity index (χ1v) is 8.43. The number of rotatable bonds is 6. The van der Waals surface area contributed by atoms with Crippen molar-refractivity contribution in [1.29, 1.82) is 0 Å². The van der Waals surface area contributed by atoms with Crippen LogP contribution in [0.1, 0.15) is 5.56 Å². The molecule has 0 aromatic heterocycles. The van der Waals surface area contributed by atoms with Crippen LogP contribution in [0.15, 0.2) is 47.4 Å². The number of benzene rings is 2. The number of hydrogen-bond acceptors (Lipinski definition) is 3. The van der Waals surface area contributed by atoms with E-state index < -0.39 is 10.8 Å². The molecule has 2 N–H and O–H groups in total. The van der Waals surface area contributed by atoms with Crippen molar-refractivity contribution in [2.45, 2.75) is 11.4 Å². The van der Waals surface area contributed by atoms with Gasteiger partial charge >= 0.3 is 0 Å². The Hall–Kier alpha value is -1.07. The lowest BCUT2D eigenvalue weighted by molar-refractivity contribution is 0.339. The van der Waals surface area contributed by atoms with E-state index >= 15 is 0 Å². The number of ether oxygens (including phenoxy) is 1. The maximum Gasteiger partial charge on any atom is 0.123 e. The number of hydrogen-bond donors (Lipinski definition) is 1. The van der Waals surface area contributed by atoms with Crippen molar-refractivity contribution < 1.29 is 8.95 Å². The van der Waals surface area contributed by atoms with Crippen LogP contribution in [-0.4, -0.2) is 16.6 Å². The number of nitrogens with two attached hydrogens (primary N) is 1. The van der Waals surface area contributed by atoms with E-state index in [-0.39, 0.29) is 0 Å². The highest BCUT2D eigenvalue weighted by Crippen LogP contribution is 2.24. The first kappa shape index (κ1) is 16.3. The number of para-hydroxylation sites is 1. The van der Waals surface area contributed by atoms with Crippen LogP contribution in [0.2, 0.25) is 10.0 Å². The van der Waals surface area contributed by atoms with Gasteiger partial charge in [0.2, 0.25) is 0 Å². The minimum Gasteiger partial charge on any atom is -0.492 e. The molecule has 0 aliphatic rings. The van der Waals surface area contributed by atoms with Gasteiger partial charge in [0.1, 0.15) is 12.4 Å². The molecular formula is C15H15Cl2NO2S. The van der Waals surface area contributed by atoms with E-state index in [1.54, 1.807) is 18.2 Å². The Kier molecular flexibility index (Phi) is 6.06. The van der Waals surface area contributed by atoms with E-state index in [9.17, 15) is 4.21 Å². The third kappa shape index (κ3) is 4.45. The van der Waals surface area contributed by atoms with Gasteiger partial charge in [-0.2, -0.15) is 0 Å². The van der Waals surface area contributed by atoms with Crippen LogP contribution in [0.5, 0.6) is 5.75 Å². The Bertz CT molecular complexity index is 649. The molecule has 0 bridgehead atoms. The molecule has 0 radical (unpaired) electrons. The highest BCUT2D eigenvalue weighted by molar-refractivity contribution is 7.85. The minimum atomic E-state index is -1.18. The molecule has 0 saturated heterocycles. The second-order valence-electron chi connectivity index (χ2n) is 4.29. The third-order valence-corrected chi connectivity index (χ3v) is 4.93. The van der Waals surface area contributed by atoms with Gasteiger partial charge in [0, 0.05) is 17.0 Å². The monoisotopic (exact) mass is 343 g/mol. The molecule has 112 valence electrons. The fourth-order valence-electron chi connectivity index (χ4n) is 1.78. The molecule has 2 aromatic carbocycles. The van der Waals surface area contributed by atoms with E-state index in [1.807, 2.05) is 24.3 Å². The Morgan fingerprint density at radius 2 is 1.86 bits per heavy atom. The van der Waals surface area contributed by atoms with Crippen molar-refractivity contribution in [3.8, 4) is 5.75 Å². The minimum absolute atomic E-state index is 0.337. The molecular weight excluding hydrogens is 329 g/mol. The molecule has 0 aliphatic carbocycles. The second-order valence-corrected chi connectivity index (χ2v) is 6.67. The van der Waals surface area contributed by atoms with Gasteiger partial charge in [-0.3, -0.25) is 4.21 Å². The molecule has 1 unspecified atom stereocenters. The topological polar surface area (TPSA) is 52.3 Å². The summed E-state index contributed by atoms with van der Waals surface area (Å²) in [6.45, 7) is 0.746. The molecule has 0 heterocycles. The Labute approximate surface area is 136 Å². The van der Waals surface area contributed by atoms with Gasteiger partial charge in [0.15, 0.2) is 0 Å². The molecule has 0 spiro atoms. The van der Waals surface area contributed by atoms with Gasteiger partial charge in [-0.05, 0) is 24.3 Å². The maximum absolute atomic E-state index is 12.2. The van der Waals surface area contributed by atoms with Gasteiger partial charge in [-0.15, -0.1) is 0 Å². The maximum atomic E-state index is 12.2. The molecule has 1 atom stereocenters. The number of halogens is 2. The summed E-state index contributed by atoms with van der Waals surface area (Å²) >= 11 is 11.8. The molecule has 0 aliphatic heterocycles. The third-order valence-electron chi connectivity index (χ3n) is 2.87. The predicted molar refractivity (Wildman–Crippen MR) is 87.6 cm³/mol. The van der Waals surface area contributed by atoms with Crippen LogP contribution in [0, 0.1) is 0 Å². The van der Waals surface area contributed by atoms with Gasteiger partial charge in [-0.1, -0.05) is 41.4 Å². The molecule has 2 rings (SSSR count). The summed E-state index contributed by atoms with van der Waals surface area (Å²) in [5.41, 5.74) is 6.57. The van der Waals surface area contributed by atoms with Crippen molar-refractivity contribution in [2.75, 3.05) is 12.4 Å². The smallest absolute Gasteiger partial charge is 0.123 e. The Balaban J connectivity index is 1.93. The molecule has 21 heavy (non-hydrogen) atoms. The van der Waals surface area contributed by atoms with Gasteiger partial charge in [0.25, 0.3) is 0 Å². The fourth-order valence-corrected chi connectivity index (χ4v) is 3.08. The summed E-state index contributed by atoms with van der Waals surface area (Å²) in [6, 6.07) is 12.5. The molecule has 0 amide bonds. The first-order chi connectivity index (χ1) is 10.1. The van der Waals surface area contributed by atoms with Gasteiger partial charge in [-0.25, -0.2) is 0 Å². The average molecular weight is 344 g/mol. The zero-order valence-electron chi connectivity index (χ0n) is 11.2. The second kappa shape index (κ2) is 7.80. The van der Waals surface area contributed by atoms with Gasteiger partial charge < -0.3 is 10.5 Å². The first-order valence-electron chi connectivity index (χ1n) is 6.36. The SMILES string of the molecule is NCc1ccccc1OCCS(=O)c1ccc(Cl)c(Cl)c1. The summed E-state index contributed by atoms with van der Waals surface area (Å²) in [6.07, 6.45) is 0. The van der Waals surface area contributed by atoms with Crippen molar-refractivity contribution in [1.82, 2.24) is 0 Å². The van der Waals surface area contributed by atoms with Crippen LogP contribution in [0.3, 0.4) is 0 Å². The largest absolute Gasteiger partial charge is 0.492 e. The lowest BCUT2D eigenvalue weighted by Crippen LogP contribution is -2.10. The normalized spacial score (nSPS) is 12.1. The molecule has 3 nitrogen and oxygen atoms in total. The predicted octanol–water partition coefficient (Wildman–Crippen LogP) is 3.64. The summed E-state index contributed by atoms with van der Waals surface area (Å²) in [5, 5.41) is 0.849.